The summed E-state index contributed by atoms with van der Waals surface area (Å²) in [7, 11) is 1.63. The molecule has 0 spiro atoms. The molecule has 0 saturated carbocycles. The molecule has 1 amide bonds. The van der Waals surface area contributed by atoms with E-state index in [4.69, 9.17) is 9.47 Å². The van der Waals surface area contributed by atoms with Crippen molar-refractivity contribution in [1.82, 2.24) is 4.90 Å². The normalized spacial score (nSPS) is 22.6. The number of rotatable bonds is 4. The van der Waals surface area contributed by atoms with Crippen molar-refractivity contribution >= 4 is 21.8 Å². The molecule has 1 fully saturated rings. The number of hydrogen-bond acceptors (Lipinski definition) is 3. The average Bonchev–Trinajstić information content (AvgIpc) is 2.48. The standard InChI is InChI=1S/C15H20BrNO3/c1-11-10-20-14(8-16)9-17(11)15(18)7-12-3-5-13(19-2)6-4-12/h3-6,11,14H,7-10H2,1-2H3. The summed E-state index contributed by atoms with van der Waals surface area (Å²) in [5.74, 6) is 0.956. The van der Waals surface area contributed by atoms with Gasteiger partial charge in [-0.1, -0.05) is 28.1 Å². The Morgan fingerprint density at radius 2 is 2.15 bits per heavy atom. The van der Waals surface area contributed by atoms with E-state index in [0.29, 0.717) is 19.6 Å². The molecule has 1 aliphatic heterocycles. The predicted molar refractivity (Wildman–Crippen MR) is 81.4 cm³/mol. The lowest BCUT2D eigenvalue weighted by Crippen LogP contribution is -2.52. The van der Waals surface area contributed by atoms with E-state index in [0.717, 1.165) is 16.6 Å². The number of ether oxygens (including phenoxy) is 2. The summed E-state index contributed by atoms with van der Waals surface area (Å²) < 4.78 is 10.8. The Balaban J connectivity index is 1.98. The van der Waals surface area contributed by atoms with Crippen molar-refractivity contribution < 1.29 is 14.3 Å². The first-order valence-electron chi connectivity index (χ1n) is 6.74. The summed E-state index contributed by atoms with van der Waals surface area (Å²) in [6.07, 6.45) is 0.509. The predicted octanol–water partition coefficient (Wildman–Crippen LogP) is 2.25. The van der Waals surface area contributed by atoms with Crippen molar-refractivity contribution in [2.45, 2.75) is 25.5 Å². The number of benzene rings is 1. The summed E-state index contributed by atoms with van der Waals surface area (Å²) in [6.45, 7) is 3.28. The van der Waals surface area contributed by atoms with Gasteiger partial charge in [0.05, 0.1) is 32.3 Å². The largest absolute Gasteiger partial charge is 0.497 e. The minimum absolute atomic E-state index is 0.0889. The second kappa shape index (κ2) is 7.09. The van der Waals surface area contributed by atoms with Crippen LogP contribution in [0.4, 0.5) is 0 Å². The SMILES string of the molecule is COc1ccc(CC(=O)N2CC(CBr)OCC2C)cc1. The highest BCUT2D eigenvalue weighted by molar-refractivity contribution is 9.09. The molecular weight excluding hydrogens is 322 g/mol. The number of morpholine rings is 1. The van der Waals surface area contributed by atoms with Crippen LogP contribution in [0.3, 0.4) is 0 Å². The zero-order valence-corrected chi connectivity index (χ0v) is 13.4. The van der Waals surface area contributed by atoms with Crippen molar-refractivity contribution in [3.05, 3.63) is 29.8 Å². The number of hydrogen-bond donors (Lipinski definition) is 0. The van der Waals surface area contributed by atoms with E-state index in [1.165, 1.54) is 0 Å². The molecule has 1 aliphatic rings. The number of carbonyl (C=O) groups excluding carboxylic acids is 1. The molecule has 20 heavy (non-hydrogen) atoms. The van der Waals surface area contributed by atoms with Crippen LogP contribution in [0.2, 0.25) is 0 Å². The maximum absolute atomic E-state index is 12.4. The van der Waals surface area contributed by atoms with E-state index < -0.39 is 0 Å². The highest BCUT2D eigenvalue weighted by Gasteiger charge is 2.28. The first-order chi connectivity index (χ1) is 9.63. The Morgan fingerprint density at radius 1 is 1.45 bits per heavy atom. The molecule has 2 rings (SSSR count). The molecule has 0 radical (unpaired) electrons. The van der Waals surface area contributed by atoms with Crippen LogP contribution in [0, 0.1) is 0 Å². The van der Waals surface area contributed by atoms with Gasteiger partial charge in [0.1, 0.15) is 5.75 Å². The maximum atomic E-state index is 12.4. The van der Waals surface area contributed by atoms with Gasteiger partial charge in [0.25, 0.3) is 0 Å². The van der Waals surface area contributed by atoms with Crippen LogP contribution in [-0.4, -0.2) is 48.5 Å². The number of carbonyl (C=O) groups is 1. The topological polar surface area (TPSA) is 38.8 Å². The minimum Gasteiger partial charge on any atom is -0.497 e. The van der Waals surface area contributed by atoms with Crippen LogP contribution in [0.25, 0.3) is 0 Å². The van der Waals surface area contributed by atoms with Gasteiger partial charge in [-0.25, -0.2) is 0 Å². The van der Waals surface area contributed by atoms with E-state index in [2.05, 4.69) is 15.9 Å². The van der Waals surface area contributed by atoms with Crippen molar-refractivity contribution in [2.75, 3.05) is 25.6 Å². The summed E-state index contributed by atoms with van der Waals surface area (Å²) in [5.41, 5.74) is 1.00. The number of halogens is 1. The quantitative estimate of drug-likeness (QED) is 0.788. The van der Waals surface area contributed by atoms with Crippen molar-refractivity contribution in [3.63, 3.8) is 0 Å². The first kappa shape index (κ1) is 15.3. The van der Waals surface area contributed by atoms with Crippen LogP contribution >= 0.6 is 15.9 Å². The molecule has 5 heteroatoms. The fourth-order valence-corrected chi connectivity index (χ4v) is 2.67. The van der Waals surface area contributed by atoms with Gasteiger partial charge in [-0.3, -0.25) is 4.79 Å². The zero-order valence-electron chi connectivity index (χ0n) is 11.8. The van der Waals surface area contributed by atoms with E-state index in [9.17, 15) is 4.79 Å². The summed E-state index contributed by atoms with van der Waals surface area (Å²) in [6, 6.07) is 7.77. The number of nitrogens with zero attached hydrogens (tertiary/aromatic N) is 1. The highest BCUT2D eigenvalue weighted by atomic mass is 79.9. The second-order valence-electron chi connectivity index (χ2n) is 5.03. The van der Waals surface area contributed by atoms with Gasteiger partial charge in [-0.15, -0.1) is 0 Å². The van der Waals surface area contributed by atoms with Crippen LogP contribution < -0.4 is 4.74 Å². The fourth-order valence-electron chi connectivity index (χ4n) is 2.28. The molecular formula is C15H20BrNO3. The van der Waals surface area contributed by atoms with E-state index in [1.54, 1.807) is 7.11 Å². The molecule has 1 aromatic carbocycles. The van der Waals surface area contributed by atoms with Crippen LogP contribution in [0.1, 0.15) is 12.5 Å². The smallest absolute Gasteiger partial charge is 0.227 e. The molecule has 2 unspecified atom stereocenters. The number of amides is 1. The van der Waals surface area contributed by atoms with Gasteiger partial charge in [0.2, 0.25) is 5.91 Å². The van der Waals surface area contributed by atoms with E-state index in [-0.39, 0.29) is 18.1 Å². The molecule has 110 valence electrons. The fraction of sp³-hybridized carbons (Fsp3) is 0.533. The van der Waals surface area contributed by atoms with Crippen molar-refractivity contribution in [3.8, 4) is 5.75 Å². The Labute approximate surface area is 128 Å². The lowest BCUT2D eigenvalue weighted by molar-refractivity contribution is -0.142. The van der Waals surface area contributed by atoms with E-state index >= 15 is 0 Å². The molecule has 2 atom stereocenters. The third-order valence-electron chi connectivity index (χ3n) is 3.51. The van der Waals surface area contributed by atoms with E-state index in [1.807, 2.05) is 36.1 Å². The Bertz CT molecular complexity index is 449. The van der Waals surface area contributed by atoms with Gasteiger partial charge < -0.3 is 14.4 Å². The summed E-state index contributed by atoms with van der Waals surface area (Å²) in [4.78, 5) is 14.3. The highest BCUT2D eigenvalue weighted by Crippen LogP contribution is 2.17. The minimum atomic E-state index is 0.0889. The Morgan fingerprint density at radius 3 is 2.75 bits per heavy atom. The van der Waals surface area contributed by atoms with Gasteiger partial charge in [0.15, 0.2) is 0 Å². The first-order valence-corrected chi connectivity index (χ1v) is 7.86. The molecule has 1 aromatic rings. The van der Waals surface area contributed by atoms with Crippen LogP contribution in [-0.2, 0) is 16.0 Å². The lowest BCUT2D eigenvalue weighted by Gasteiger charge is -2.37. The summed E-state index contributed by atoms with van der Waals surface area (Å²) >= 11 is 3.41. The van der Waals surface area contributed by atoms with Gasteiger partial charge in [-0.2, -0.15) is 0 Å². The van der Waals surface area contributed by atoms with Crippen molar-refractivity contribution in [1.29, 1.82) is 0 Å². The summed E-state index contributed by atoms with van der Waals surface area (Å²) in [5, 5.41) is 0.756. The Hall–Kier alpha value is -1.07. The molecule has 1 heterocycles. The molecule has 1 saturated heterocycles. The van der Waals surface area contributed by atoms with Gasteiger partial charge >= 0.3 is 0 Å². The Kier molecular flexibility index (Phi) is 5.43. The third kappa shape index (κ3) is 3.73. The zero-order chi connectivity index (χ0) is 14.5. The monoisotopic (exact) mass is 341 g/mol. The molecule has 0 aromatic heterocycles. The molecule has 0 bridgehead atoms. The molecule has 0 aliphatic carbocycles. The van der Waals surface area contributed by atoms with Crippen LogP contribution in [0.5, 0.6) is 5.75 Å². The van der Waals surface area contributed by atoms with Crippen molar-refractivity contribution in [2.24, 2.45) is 0 Å². The lowest BCUT2D eigenvalue weighted by atomic mass is 10.1. The average molecular weight is 342 g/mol. The number of alkyl halides is 1. The second-order valence-corrected chi connectivity index (χ2v) is 5.68. The number of methoxy groups -OCH3 is 1. The third-order valence-corrected chi connectivity index (χ3v) is 4.23. The van der Waals surface area contributed by atoms with Gasteiger partial charge in [0, 0.05) is 11.9 Å². The van der Waals surface area contributed by atoms with Gasteiger partial charge in [-0.05, 0) is 24.6 Å². The molecule has 4 nitrogen and oxygen atoms in total. The maximum Gasteiger partial charge on any atom is 0.227 e. The van der Waals surface area contributed by atoms with Crippen LogP contribution in [0.15, 0.2) is 24.3 Å². The molecule has 0 N–H and O–H groups in total.